The zero-order valence-corrected chi connectivity index (χ0v) is 19.5. The van der Waals surface area contributed by atoms with Crippen LogP contribution >= 0.6 is 0 Å². The average Bonchev–Trinajstić information content (AvgIpc) is 3.35. The van der Waals surface area contributed by atoms with Gasteiger partial charge in [-0.25, -0.2) is 8.42 Å². The van der Waals surface area contributed by atoms with Crippen molar-refractivity contribution < 1.29 is 17.9 Å². The molecule has 4 rings (SSSR count). The van der Waals surface area contributed by atoms with Gasteiger partial charge in [0.05, 0.1) is 18.5 Å². The van der Waals surface area contributed by atoms with Crippen molar-refractivity contribution in [2.45, 2.75) is 24.3 Å². The highest BCUT2D eigenvalue weighted by molar-refractivity contribution is 7.93. The van der Waals surface area contributed by atoms with E-state index in [0.717, 1.165) is 25.9 Å². The minimum Gasteiger partial charge on any atom is -0.495 e. The summed E-state index contributed by atoms with van der Waals surface area (Å²) >= 11 is 0. The Morgan fingerprint density at radius 1 is 1.03 bits per heavy atom. The second-order valence-corrected chi connectivity index (χ2v) is 9.55. The van der Waals surface area contributed by atoms with E-state index in [1.807, 2.05) is 4.90 Å². The fraction of sp³-hybridized carbons (Fsp3) is 0.250. The summed E-state index contributed by atoms with van der Waals surface area (Å²) < 4.78 is 36.1. The van der Waals surface area contributed by atoms with E-state index in [0.29, 0.717) is 22.8 Å². The number of benzene rings is 2. The van der Waals surface area contributed by atoms with E-state index in [1.165, 1.54) is 30.0 Å². The molecule has 178 valence electrons. The van der Waals surface area contributed by atoms with Crippen molar-refractivity contribution in [3.05, 3.63) is 77.2 Å². The lowest BCUT2D eigenvalue weighted by molar-refractivity contribution is -0.116. The maximum Gasteiger partial charge on any atom is 0.264 e. The number of hydrogen-bond donors (Lipinski definition) is 2. The fourth-order valence-electron chi connectivity index (χ4n) is 3.90. The van der Waals surface area contributed by atoms with E-state index < -0.39 is 15.9 Å². The zero-order valence-electron chi connectivity index (χ0n) is 18.7. The number of hydrogen-bond acceptors (Lipinski definition) is 6. The van der Waals surface area contributed by atoms with Gasteiger partial charge < -0.3 is 19.5 Å². The summed E-state index contributed by atoms with van der Waals surface area (Å²) in [5, 5.41) is 2.70. The predicted molar refractivity (Wildman–Crippen MR) is 131 cm³/mol. The molecule has 0 bridgehead atoms. The van der Waals surface area contributed by atoms with E-state index in [4.69, 9.17) is 4.74 Å². The van der Waals surface area contributed by atoms with Gasteiger partial charge in [-0.1, -0.05) is 18.2 Å². The molecule has 1 aliphatic rings. The van der Waals surface area contributed by atoms with E-state index >= 15 is 0 Å². The van der Waals surface area contributed by atoms with E-state index in [9.17, 15) is 18.0 Å². The number of rotatable bonds is 8. The summed E-state index contributed by atoms with van der Waals surface area (Å²) in [5.74, 6) is -0.0465. The lowest BCUT2D eigenvalue weighted by Crippen LogP contribution is -2.27. The third kappa shape index (κ3) is 5.23. The van der Waals surface area contributed by atoms with Crippen LogP contribution in [0.5, 0.6) is 5.75 Å². The zero-order chi connectivity index (χ0) is 24.1. The molecule has 2 N–H and O–H groups in total. The first-order valence-corrected chi connectivity index (χ1v) is 12.4. The van der Waals surface area contributed by atoms with Crippen LogP contribution in [0.1, 0.15) is 12.8 Å². The molecule has 1 amide bonds. The maximum absolute atomic E-state index is 13.5. The number of carbonyl (C=O) groups excluding carboxylic acids is 1. The molecule has 1 aliphatic heterocycles. The monoisotopic (exact) mass is 482 g/mol. The Morgan fingerprint density at radius 2 is 1.76 bits per heavy atom. The van der Waals surface area contributed by atoms with Crippen LogP contribution in [0.15, 0.2) is 76.6 Å². The third-order valence-electron chi connectivity index (χ3n) is 5.54. The molecule has 0 saturated carbocycles. The summed E-state index contributed by atoms with van der Waals surface area (Å²) in [6.45, 7) is 1.31. The molecule has 2 heterocycles. The molecule has 0 radical (unpaired) electrons. The van der Waals surface area contributed by atoms with Crippen LogP contribution in [0.2, 0.25) is 0 Å². The molecular weight excluding hydrogens is 456 g/mol. The minimum atomic E-state index is -4.02. The minimum absolute atomic E-state index is 0.0509. The lowest BCUT2D eigenvalue weighted by atomic mass is 10.2. The number of nitrogens with one attached hydrogen (secondary N) is 2. The number of pyridine rings is 1. The molecule has 34 heavy (non-hydrogen) atoms. The Morgan fingerprint density at radius 3 is 2.50 bits per heavy atom. The van der Waals surface area contributed by atoms with Crippen molar-refractivity contribution in [3.63, 3.8) is 0 Å². The number of carbonyl (C=O) groups is 1. The van der Waals surface area contributed by atoms with Gasteiger partial charge in [-0.15, -0.1) is 0 Å². The molecule has 2 aromatic carbocycles. The molecular formula is C24H26N4O5S. The first-order valence-electron chi connectivity index (χ1n) is 10.9. The average molecular weight is 483 g/mol. The first kappa shape index (κ1) is 23.4. The highest BCUT2D eigenvalue weighted by atomic mass is 32.2. The Balaban J connectivity index is 1.65. The van der Waals surface area contributed by atoms with Crippen LogP contribution in [0.4, 0.5) is 17.1 Å². The van der Waals surface area contributed by atoms with E-state index in [2.05, 4.69) is 10.0 Å². The standard InChI is InChI=1S/C24H26N4O5S/c1-33-21-9-3-2-8-19(21)26-34(31,32)22-16-18(11-12-20(22)27-13-6-7-14-27)25-23(29)17-28-15-5-4-10-24(28)30/h2-5,8-12,15-16,26H,6-7,13-14,17H2,1H3,(H,25,29). The Hall–Kier alpha value is -3.79. The topological polar surface area (TPSA) is 110 Å². The SMILES string of the molecule is COc1ccccc1NS(=O)(=O)c1cc(NC(=O)Cn2ccccc2=O)ccc1N1CCCC1. The van der Waals surface area contributed by atoms with Crippen LogP contribution in [0, 0.1) is 0 Å². The highest BCUT2D eigenvalue weighted by Gasteiger charge is 2.25. The Labute approximate surface area is 198 Å². The molecule has 0 spiro atoms. The van der Waals surface area contributed by atoms with E-state index in [-0.39, 0.29) is 17.0 Å². The summed E-state index contributed by atoms with van der Waals surface area (Å²) in [6, 6.07) is 16.2. The van der Waals surface area contributed by atoms with Gasteiger partial charge in [-0.2, -0.15) is 0 Å². The molecule has 1 aromatic heterocycles. The van der Waals surface area contributed by atoms with Gasteiger partial charge in [-0.05, 0) is 49.2 Å². The second kappa shape index (κ2) is 10.0. The molecule has 9 nitrogen and oxygen atoms in total. The fourth-order valence-corrected chi connectivity index (χ4v) is 5.22. The summed E-state index contributed by atoms with van der Waals surface area (Å²) in [4.78, 5) is 26.5. The largest absolute Gasteiger partial charge is 0.495 e. The van der Waals surface area contributed by atoms with Crippen molar-refractivity contribution in [3.8, 4) is 5.75 Å². The summed E-state index contributed by atoms with van der Waals surface area (Å²) in [5.41, 5.74) is 0.899. The smallest absolute Gasteiger partial charge is 0.264 e. The quantitative estimate of drug-likeness (QED) is 0.511. The molecule has 3 aromatic rings. The summed E-state index contributed by atoms with van der Waals surface area (Å²) in [6.07, 6.45) is 3.47. The number of sulfonamides is 1. The second-order valence-electron chi connectivity index (χ2n) is 7.90. The molecule has 10 heteroatoms. The van der Waals surface area contributed by atoms with Crippen molar-refractivity contribution in [1.82, 2.24) is 4.57 Å². The Kier molecular flexibility index (Phi) is 6.87. The van der Waals surface area contributed by atoms with Crippen molar-refractivity contribution >= 4 is 33.0 Å². The molecule has 1 fully saturated rings. The van der Waals surface area contributed by atoms with Crippen LogP contribution in [-0.2, 0) is 21.4 Å². The van der Waals surface area contributed by atoms with E-state index in [1.54, 1.807) is 48.5 Å². The van der Waals surface area contributed by atoms with Gasteiger partial charge in [0.15, 0.2) is 0 Å². The number of anilines is 3. The molecule has 1 saturated heterocycles. The van der Waals surface area contributed by atoms with Gasteiger partial charge in [0, 0.05) is 31.0 Å². The highest BCUT2D eigenvalue weighted by Crippen LogP contribution is 2.34. The number of aromatic nitrogens is 1. The molecule has 0 atom stereocenters. The molecule has 0 aliphatic carbocycles. The first-order chi connectivity index (χ1) is 16.4. The van der Waals surface area contributed by atoms with Crippen molar-refractivity contribution in [2.75, 3.05) is 35.1 Å². The normalized spacial score (nSPS) is 13.5. The van der Waals surface area contributed by atoms with Gasteiger partial charge in [0.1, 0.15) is 17.2 Å². The number of ether oxygens (including phenoxy) is 1. The predicted octanol–water partition coefficient (Wildman–Crippen LogP) is 2.90. The van der Waals surface area contributed by atoms with Gasteiger partial charge >= 0.3 is 0 Å². The van der Waals surface area contributed by atoms with Crippen LogP contribution in [0.25, 0.3) is 0 Å². The van der Waals surface area contributed by atoms with Gasteiger partial charge in [0.25, 0.3) is 15.6 Å². The number of amides is 1. The van der Waals surface area contributed by atoms with Crippen molar-refractivity contribution in [2.24, 2.45) is 0 Å². The van der Waals surface area contributed by atoms with Gasteiger partial charge in [-0.3, -0.25) is 14.3 Å². The van der Waals surface area contributed by atoms with Crippen LogP contribution in [-0.4, -0.2) is 39.1 Å². The third-order valence-corrected chi connectivity index (χ3v) is 6.94. The number of para-hydroxylation sites is 2. The number of methoxy groups -OCH3 is 1. The van der Waals surface area contributed by atoms with Crippen molar-refractivity contribution in [1.29, 1.82) is 0 Å². The summed E-state index contributed by atoms with van der Waals surface area (Å²) in [7, 11) is -2.55. The Bertz CT molecular complexity index is 1350. The lowest BCUT2D eigenvalue weighted by Gasteiger charge is -2.23. The molecule has 0 unspecified atom stereocenters. The van der Waals surface area contributed by atoms with Crippen LogP contribution in [0.3, 0.4) is 0 Å². The van der Waals surface area contributed by atoms with Crippen LogP contribution < -0.4 is 25.2 Å². The van der Waals surface area contributed by atoms with Gasteiger partial charge in [0.2, 0.25) is 5.91 Å². The maximum atomic E-state index is 13.5. The number of nitrogens with zero attached hydrogens (tertiary/aromatic N) is 2.